The number of primary amides is 1. The van der Waals surface area contributed by atoms with Gasteiger partial charge in [-0.15, -0.1) is 0 Å². The lowest BCUT2D eigenvalue weighted by Crippen LogP contribution is -2.17. The summed E-state index contributed by atoms with van der Waals surface area (Å²) in [5.41, 5.74) is 4.53. The second kappa shape index (κ2) is 8.51. The van der Waals surface area contributed by atoms with Crippen LogP contribution in [0, 0.1) is 5.92 Å². The Labute approximate surface area is 101 Å². The Morgan fingerprint density at radius 2 is 1.71 bits per heavy atom. The van der Waals surface area contributed by atoms with E-state index in [-0.39, 0.29) is 11.7 Å². The molecule has 0 aromatic carbocycles. The number of hydrogen-bond donors (Lipinski definition) is 1. The molecule has 0 radical (unpaired) electrons. The van der Waals surface area contributed by atoms with Crippen LogP contribution < -0.4 is 5.73 Å². The van der Waals surface area contributed by atoms with E-state index in [9.17, 15) is 18.0 Å². The monoisotopic (exact) mass is 263 g/mol. The molecular formula is C10H17NO5S. The molecule has 0 heterocycles. The Kier molecular flexibility index (Phi) is 8.89. The molecule has 0 aliphatic carbocycles. The van der Waals surface area contributed by atoms with Crippen LogP contribution in [-0.2, 0) is 23.9 Å². The first-order chi connectivity index (χ1) is 7.64. The second-order valence-electron chi connectivity index (χ2n) is 3.33. The smallest absolute Gasteiger partial charge is 0.345 e. The van der Waals surface area contributed by atoms with Crippen LogP contribution in [0.15, 0.2) is 25.3 Å². The highest BCUT2D eigenvalue weighted by molar-refractivity contribution is 7.87. The fraction of sp³-hybridized carbons (Fsp3) is 0.400. The maximum Gasteiger partial charge on any atom is 0.345 e. The van der Waals surface area contributed by atoms with Gasteiger partial charge in [-0.1, -0.05) is 27.0 Å². The normalized spacial score (nSPS) is 9.82. The summed E-state index contributed by atoms with van der Waals surface area (Å²) in [5.74, 6) is -1.64. The summed E-state index contributed by atoms with van der Waals surface area (Å²) >= 11 is 0. The van der Waals surface area contributed by atoms with Crippen LogP contribution in [0.3, 0.4) is 0 Å². The predicted octanol–water partition coefficient (Wildman–Crippen LogP) is 0.359. The average molecular weight is 263 g/mol. The molecule has 0 aliphatic heterocycles. The zero-order chi connectivity index (χ0) is 14.1. The Hall–Kier alpha value is -1.63. The molecule has 0 spiro atoms. The van der Waals surface area contributed by atoms with E-state index in [1.165, 1.54) is 0 Å². The molecule has 0 atom stereocenters. The van der Waals surface area contributed by atoms with Crippen molar-refractivity contribution in [2.45, 2.75) is 13.8 Å². The third kappa shape index (κ3) is 14.4. The molecule has 0 bridgehead atoms. The van der Waals surface area contributed by atoms with Crippen molar-refractivity contribution in [3.05, 3.63) is 25.3 Å². The molecular weight excluding hydrogens is 246 g/mol. The largest absolute Gasteiger partial charge is 0.366 e. The van der Waals surface area contributed by atoms with Crippen molar-refractivity contribution < 1.29 is 22.2 Å². The van der Waals surface area contributed by atoms with Crippen molar-refractivity contribution in [2.24, 2.45) is 11.7 Å². The van der Waals surface area contributed by atoms with Gasteiger partial charge in [-0.05, 0) is 12.0 Å². The van der Waals surface area contributed by atoms with Gasteiger partial charge in [0.2, 0.25) is 5.91 Å². The second-order valence-corrected chi connectivity index (χ2v) is 4.95. The maximum atomic E-state index is 10.9. The third-order valence-electron chi connectivity index (χ3n) is 1.11. The van der Waals surface area contributed by atoms with Gasteiger partial charge in [-0.2, -0.15) is 8.42 Å². The predicted molar refractivity (Wildman–Crippen MR) is 64.3 cm³/mol. The molecule has 2 N–H and O–H groups in total. The molecule has 98 valence electrons. The van der Waals surface area contributed by atoms with Crippen molar-refractivity contribution in [1.29, 1.82) is 0 Å². The Bertz CT molecular complexity index is 384. The van der Waals surface area contributed by atoms with Crippen molar-refractivity contribution in [3.63, 3.8) is 0 Å². The first-order valence-corrected chi connectivity index (χ1v) is 6.22. The van der Waals surface area contributed by atoms with Crippen LogP contribution >= 0.6 is 0 Å². The van der Waals surface area contributed by atoms with E-state index in [0.29, 0.717) is 0 Å². The van der Waals surface area contributed by atoms with E-state index in [1.54, 1.807) is 13.8 Å². The molecule has 7 heteroatoms. The van der Waals surface area contributed by atoms with E-state index in [4.69, 9.17) is 0 Å². The van der Waals surface area contributed by atoms with Gasteiger partial charge in [0, 0.05) is 6.08 Å². The van der Waals surface area contributed by atoms with Gasteiger partial charge >= 0.3 is 16.1 Å². The molecule has 0 rings (SSSR count). The van der Waals surface area contributed by atoms with Crippen LogP contribution in [0.1, 0.15) is 13.8 Å². The summed E-state index contributed by atoms with van der Waals surface area (Å²) in [5, 5.41) is 0. The Morgan fingerprint density at radius 1 is 1.29 bits per heavy atom. The van der Waals surface area contributed by atoms with Gasteiger partial charge in [0.1, 0.15) is 0 Å². The summed E-state index contributed by atoms with van der Waals surface area (Å²) < 4.78 is 26.0. The standard InChI is InChI=1S/C7H12O4S.C3H5NO/c1-4-7(8)11-12(9,10)5-6(2)3;1-2-3(4)5/h4,6H,1,5H2,2-3H3;2H,1H2,(H2,4,5). The number of carbonyl (C=O) groups excluding carboxylic acids is 2. The first kappa shape index (κ1) is 17.8. The summed E-state index contributed by atoms with van der Waals surface area (Å²) in [4.78, 5) is 20.0. The van der Waals surface area contributed by atoms with Crippen molar-refractivity contribution in [3.8, 4) is 0 Å². The summed E-state index contributed by atoms with van der Waals surface area (Å²) in [7, 11) is -3.71. The van der Waals surface area contributed by atoms with E-state index in [1.807, 2.05) is 0 Å². The maximum absolute atomic E-state index is 10.9. The highest BCUT2D eigenvalue weighted by Crippen LogP contribution is 2.02. The van der Waals surface area contributed by atoms with E-state index >= 15 is 0 Å². The van der Waals surface area contributed by atoms with Crippen molar-refractivity contribution in [1.82, 2.24) is 0 Å². The third-order valence-corrected chi connectivity index (χ3v) is 2.61. The molecule has 17 heavy (non-hydrogen) atoms. The summed E-state index contributed by atoms with van der Waals surface area (Å²) in [6, 6.07) is 0. The highest BCUT2D eigenvalue weighted by Gasteiger charge is 2.16. The lowest BCUT2D eigenvalue weighted by molar-refractivity contribution is -0.128. The number of rotatable bonds is 5. The van der Waals surface area contributed by atoms with E-state index in [0.717, 1.165) is 12.2 Å². The van der Waals surface area contributed by atoms with E-state index < -0.39 is 22.0 Å². The average Bonchev–Trinajstić information content (AvgIpc) is 2.15. The van der Waals surface area contributed by atoms with Crippen LogP contribution in [0.4, 0.5) is 0 Å². The van der Waals surface area contributed by atoms with Gasteiger partial charge < -0.3 is 9.92 Å². The number of hydrogen-bond acceptors (Lipinski definition) is 5. The van der Waals surface area contributed by atoms with Gasteiger partial charge in [0.25, 0.3) is 0 Å². The lowest BCUT2D eigenvalue weighted by Gasteiger charge is -2.04. The summed E-state index contributed by atoms with van der Waals surface area (Å²) in [6.07, 6.45) is 1.87. The molecule has 6 nitrogen and oxygen atoms in total. The van der Waals surface area contributed by atoms with Gasteiger partial charge in [-0.3, -0.25) is 4.79 Å². The molecule has 0 aliphatic rings. The van der Waals surface area contributed by atoms with Gasteiger partial charge in [-0.25, -0.2) is 4.79 Å². The first-order valence-electron chi connectivity index (χ1n) is 4.65. The molecule has 0 fully saturated rings. The topological polar surface area (TPSA) is 104 Å². The minimum Gasteiger partial charge on any atom is -0.366 e. The summed E-state index contributed by atoms with van der Waals surface area (Å²) in [6.45, 7) is 9.61. The fourth-order valence-electron chi connectivity index (χ4n) is 0.601. The van der Waals surface area contributed by atoms with E-state index in [2.05, 4.69) is 23.1 Å². The molecule has 0 unspecified atom stereocenters. The SMILES string of the molecule is C=CC(=O)OS(=O)(=O)CC(C)C.C=CC(N)=O. The molecule has 1 amide bonds. The minimum atomic E-state index is -3.71. The van der Waals surface area contributed by atoms with Gasteiger partial charge in [0.05, 0.1) is 5.75 Å². The Balaban J connectivity index is 0. The molecule has 0 saturated carbocycles. The van der Waals surface area contributed by atoms with Crippen LogP contribution in [-0.4, -0.2) is 26.0 Å². The fourth-order valence-corrected chi connectivity index (χ4v) is 1.80. The van der Waals surface area contributed by atoms with Crippen molar-refractivity contribution >= 4 is 22.0 Å². The van der Waals surface area contributed by atoms with Crippen molar-refractivity contribution in [2.75, 3.05) is 5.75 Å². The van der Waals surface area contributed by atoms with Crippen LogP contribution in [0.2, 0.25) is 0 Å². The Morgan fingerprint density at radius 3 is 1.94 bits per heavy atom. The number of amides is 1. The molecule has 0 aromatic heterocycles. The zero-order valence-electron chi connectivity index (χ0n) is 9.88. The lowest BCUT2D eigenvalue weighted by atomic mass is 10.3. The highest BCUT2D eigenvalue weighted by atomic mass is 32.2. The number of nitrogens with two attached hydrogens (primary N) is 1. The zero-order valence-corrected chi connectivity index (χ0v) is 10.7. The van der Waals surface area contributed by atoms with Crippen LogP contribution in [0.25, 0.3) is 0 Å². The quantitative estimate of drug-likeness (QED) is 0.569. The van der Waals surface area contributed by atoms with Gasteiger partial charge in [0.15, 0.2) is 0 Å². The number of carbonyl (C=O) groups is 2. The molecule has 0 aromatic rings. The van der Waals surface area contributed by atoms with Crippen LogP contribution in [0.5, 0.6) is 0 Å². The molecule has 0 saturated heterocycles. The minimum absolute atomic E-state index is 0.0624.